The minimum Gasteiger partial charge on any atom is -0.383 e. The highest BCUT2D eigenvalue weighted by Crippen LogP contribution is 2.48. The van der Waals surface area contributed by atoms with Crippen LogP contribution in [0.4, 0.5) is 0 Å². The van der Waals surface area contributed by atoms with Gasteiger partial charge in [0.1, 0.15) is 5.60 Å². The first-order valence-corrected chi connectivity index (χ1v) is 6.82. The third-order valence-electron chi connectivity index (χ3n) is 3.89. The van der Waals surface area contributed by atoms with E-state index in [1.54, 1.807) is 11.3 Å². The van der Waals surface area contributed by atoms with Crippen molar-refractivity contribution in [3.05, 3.63) is 22.4 Å². The molecule has 1 aromatic heterocycles. The average Bonchev–Trinajstić information content (AvgIpc) is 2.80. The van der Waals surface area contributed by atoms with Crippen molar-refractivity contribution in [2.24, 2.45) is 5.41 Å². The fourth-order valence-corrected chi connectivity index (χ4v) is 2.69. The topological polar surface area (TPSA) is 32.3 Å². The zero-order valence-corrected chi connectivity index (χ0v) is 11.1. The molecule has 0 radical (unpaired) electrons. The van der Waals surface area contributed by atoms with Crippen LogP contribution in [0.25, 0.3) is 0 Å². The van der Waals surface area contributed by atoms with Gasteiger partial charge in [0.2, 0.25) is 0 Å². The Balaban J connectivity index is 1.89. The first-order chi connectivity index (χ1) is 7.44. The number of hydrogen-bond donors (Lipinski definition) is 2. The molecule has 2 rings (SSSR count). The van der Waals surface area contributed by atoms with E-state index in [0.29, 0.717) is 18.0 Å². The molecule has 2 unspecified atom stereocenters. The minimum absolute atomic E-state index is 0.464. The summed E-state index contributed by atoms with van der Waals surface area (Å²) in [4.78, 5) is 1.04. The Morgan fingerprint density at radius 3 is 2.81 bits per heavy atom. The molecule has 1 aromatic rings. The Hall–Kier alpha value is -0.380. The van der Waals surface area contributed by atoms with Crippen LogP contribution in [-0.4, -0.2) is 17.7 Å². The van der Waals surface area contributed by atoms with Crippen LogP contribution in [0.2, 0.25) is 0 Å². The Labute approximate surface area is 102 Å². The molecule has 1 fully saturated rings. The first kappa shape index (κ1) is 12.1. The second-order valence-electron chi connectivity index (χ2n) is 5.51. The largest absolute Gasteiger partial charge is 0.383 e. The van der Waals surface area contributed by atoms with Crippen molar-refractivity contribution in [1.29, 1.82) is 0 Å². The molecule has 0 saturated heterocycles. The normalized spacial score (nSPS) is 23.8. The van der Waals surface area contributed by atoms with Gasteiger partial charge in [-0.05, 0) is 43.6 Å². The van der Waals surface area contributed by atoms with Crippen LogP contribution in [0.5, 0.6) is 0 Å². The Morgan fingerprint density at radius 2 is 2.31 bits per heavy atom. The van der Waals surface area contributed by atoms with E-state index >= 15 is 0 Å². The maximum Gasteiger partial charge on any atom is 0.108 e. The smallest absolute Gasteiger partial charge is 0.108 e. The fourth-order valence-electron chi connectivity index (χ4n) is 1.90. The molecule has 0 aromatic carbocycles. The van der Waals surface area contributed by atoms with E-state index in [4.69, 9.17) is 0 Å². The Kier molecular flexibility index (Phi) is 3.12. The van der Waals surface area contributed by atoms with Gasteiger partial charge in [-0.3, -0.25) is 0 Å². The van der Waals surface area contributed by atoms with Crippen LogP contribution < -0.4 is 5.32 Å². The van der Waals surface area contributed by atoms with Crippen LogP contribution >= 0.6 is 11.3 Å². The van der Waals surface area contributed by atoms with E-state index in [-0.39, 0.29) is 0 Å². The van der Waals surface area contributed by atoms with Crippen LogP contribution in [0, 0.1) is 5.41 Å². The summed E-state index contributed by atoms with van der Waals surface area (Å²) in [6.45, 7) is 7.04. The predicted molar refractivity (Wildman–Crippen MR) is 68.7 cm³/mol. The van der Waals surface area contributed by atoms with Crippen molar-refractivity contribution in [2.45, 2.75) is 45.3 Å². The van der Waals surface area contributed by atoms with Gasteiger partial charge < -0.3 is 10.4 Å². The van der Waals surface area contributed by atoms with Gasteiger partial charge in [-0.15, -0.1) is 11.3 Å². The van der Waals surface area contributed by atoms with E-state index in [0.717, 1.165) is 4.88 Å². The minimum atomic E-state index is -0.742. The summed E-state index contributed by atoms with van der Waals surface area (Å²) in [7, 11) is 0. The van der Waals surface area contributed by atoms with Gasteiger partial charge in [0, 0.05) is 17.5 Å². The van der Waals surface area contributed by atoms with E-state index < -0.39 is 5.60 Å². The highest BCUT2D eigenvalue weighted by molar-refractivity contribution is 7.10. The molecule has 3 heteroatoms. The summed E-state index contributed by atoms with van der Waals surface area (Å²) < 4.78 is 0. The van der Waals surface area contributed by atoms with E-state index in [1.165, 1.54) is 12.8 Å². The molecule has 0 bridgehead atoms. The van der Waals surface area contributed by atoms with Gasteiger partial charge in [0.15, 0.2) is 0 Å². The third kappa shape index (κ3) is 2.47. The van der Waals surface area contributed by atoms with Crippen LogP contribution in [0.3, 0.4) is 0 Å². The van der Waals surface area contributed by atoms with Gasteiger partial charge in [-0.1, -0.05) is 13.0 Å². The summed E-state index contributed by atoms with van der Waals surface area (Å²) in [5, 5.41) is 15.8. The maximum atomic E-state index is 10.4. The lowest BCUT2D eigenvalue weighted by Gasteiger charge is -2.27. The van der Waals surface area contributed by atoms with Crippen molar-refractivity contribution in [3.8, 4) is 0 Å². The number of thiophene rings is 1. The van der Waals surface area contributed by atoms with Crippen LogP contribution in [0.1, 0.15) is 38.5 Å². The molecule has 1 aliphatic carbocycles. The lowest BCUT2D eigenvalue weighted by molar-refractivity contribution is 0.0554. The molecular weight excluding hydrogens is 218 g/mol. The molecule has 0 aliphatic heterocycles. The first-order valence-electron chi connectivity index (χ1n) is 5.94. The van der Waals surface area contributed by atoms with Crippen molar-refractivity contribution in [1.82, 2.24) is 5.32 Å². The van der Waals surface area contributed by atoms with Gasteiger partial charge >= 0.3 is 0 Å². The zero-order chi connectivity index (χ0) is 11.8. The van der Waals surface area contributed by atoms with Crippen LogP contribution in [0.15, 0.2) is 17.5 Å². The Morgan fingerprint density at radius 1 is 1.62 bits per heavy atom. The monoisotopic (exact) mass is 239 g/mol. The van der Waals surface area contributed by atoms with Crippen molar-refractivity contribution in [2.75, 3.05) is 6.54 Å². The maximum absolute atomic E-state index is 10.4. The summed E-state index contributed by atoms with van der Waals surface area (Å²) in [5.74, 6) is 0. The van der Waals surface area contributed by atoms with E-state index in [2.05, 4.69) is 19.2 Å². The molecule has 90 valence electrons. The summed E-state index contributed by atoms with van der Waals surface area (Å²) >= 11 is 1.61. The lowest BCUT2D eigenvalue weighted by atomic mass is 9.98. The SMILES string of the molecule is CC(NCC(C)(O)c1cccs1)C1(C)CC1. The molecule has 1 saturated carbocycles. The summed E-state index contributed by atoms with van der Waals surface area (Å²) in [6, 6.07) is 4.47. The van der Waals surface area contributed by atoms with Gasteiger partial charge in [0.05, 0.1) is 0 Å². The second kappa shape index (κ2) is 4.13. The van der Waals surface area contributed by atoms with Crippen LogP contribution in [-0.2, 0) is 5.60 Å². The standard InChI is InChI=1S/C13H21NOS/c1-10(12(2)6-7-12)14-9-13(3,15)11-5-4-8-16-11/h4-5,8,10,14-15H,6-7,9H2,1-3H3. The number of hydrogen-bond acceptors (Lipinski definition) is 3. The molecular formula is C13H21NOS. The molecule has 0 amide bonds. The molecule has 2 atom stereocenters. The molecule has 1 aliphatic rings. The van der Waals surface area contributed by atoms with Crippen molar-refractivity contribution >= 4 is 11.3 Å². The molecule has 2 N–H and O–H groups in total. The van der Waals surface area contributed by atoms with Crippen molar-refractivity contribution < 1.29 is 5.11 Å². The van der Waals surface area contributed by atoms with E-state index in [9.17, 15) is 5.11 Å². The van der Waals surface area contributed by atoms with Crippen molar-refractivity contribution in [3.63, 3.8) is 0 Å². The number of aliphatic hydroxyl groups is 1. The number of rotatable bonds is 5. The third-order valence-corrected chi connectivity index (χ3v) is 5.01. The lowest BCUT2D eigenvalue weighted by Crippen LogP contribution is -2.42. The second-order valence-corrected chi connectivity index (χ2v) is 6.46. The highest BCUT2D eigenvalue weighted by Gasteiger charge is 2.42. The molecule has 2 nitrogen and oxygen atoms in total. The highest BCUT2D eigenvalue weighted by atomic mass is 32.1. The molecule has 0 spiro atoms. The van der Waals surface area contributed by atoms with Gasteiger partial charge in [-0.2, -0.15) is 0 Å². The van der Waals surface area contributed by atoms with E-state index in [1.807, 2.05) is 24.4 Å². The summed E-state index contributed by atoms with van der Waals surface area (Å²) in [5.41, 5.74) is -0.279. The molecule has 1 heterocycles. The number of nitrogens with one attached hydrogen (secondary N) is 1. The zero-order valence-electron chi connectivity index (χ0n) is 10.3. The van der Waals surface area contributed by atoms with Gasteiger partial charge in [-0.25, -0.2) is 0 Å². The fraction of sp³-hybridized carbons (Fsp3) is 0.692. The van der Waals surface area contributed by atoms with Gasteiger partial charge in [0.25, 0.3) is 0 Å². The average molecular weight is 239 g/mol. The predicted octanol–water partition coefficient (Wildman–Crippen LogP) is 2.73. The quantitative estimate of drug-likeness (QED) is 0.828. The summed E-state index contributed by atoms with van der Waals surface area (Å²) in [6.07, 6.45) is 2.62. The molecule has 16 heavy (non-hydrogen) atoms. The Bertz CT molecular complexity index is 341.